The molecule has 0 amide bonds. The van der Waals surface area contributed by atoms with E-state index in [1.54, 1.807) is 0 Å². The molecule has 0 N–H and O–H groups in total. The first-order valence-electron chi connectivity index (χ1n) is 4.32. The molecule has 0 rings (SSSR count). The molecule has 1 atom stereocenters. The van der Waals surface area contributed by atoms with E-state index in [0.717, 1.165) is 25.5 Å². The number of hydrogen-bond acceptors (Lipinski definition) is 2. The lowest BCUT2D eigenvalue weighted by Crippen LogP contribution is -2.27. The summed E-state index contributed by atoms with van der Waals surface area (Å²) in [4.78, 5) is 0. The van der Waals surface area contributed by atoms with Crippen LogP contribution in [-0.4, -0.2) is 14.2 Å². The molecular weight excluding hydrogens is 190 g/mol. The van der Waals surface area contributed by atoms with Gasteiger partial charge in [0.05, 0.1) is 6.07 Å². The fraction of sp³-hybridized carbons (Fsp3) is 0.875. The smallest absolute Gasteiger partial charge is 0.287 e. The van der Waals surface area contributed by atoms with Crippen molar-refractivity contribution in [2.45, 2.75) is 38.8 Å². The van der Waals surface area contributed by atoms with Crippen molar-refractivity contribution in [2.75, 3.05) is 6.61 Å². The molecule has 0 radical (unpaired) electrons. The average Bonchev–Trinajstić information content (AvgIpc) is 2.01. The van der Waals surface area contributed by atoms with Crippen molar-refractivity contribution >= 4 is 18.7 Å². The topological polar surface area (TPSA) is 33.0 Å². The molecule has 0 saturated heterocycles. The van der Waals surface area contributed by atoms with E-state index in [1.165, 1.54) is 0 Å². The molecule has 4 heteroatoms. The van der Waals surface area contributed by atoms with Crippen molar-refractivity contribution < 1.29 is 4.43 Å². The molecule has 0 aliphatic heterocycles. The van der Waals surface area contributed by atoms with Gasteiger partial charge in [0.2, 0.25) is 0 Å². The van der Waals surface area contributed by atoms with Crippen molar-refractivity contribution in [1.82, 2.24) is 0 Å². The van der Waals surface area contributed by atoms with Gasteiger partial charge in [0, 0.05) is 13.0 Å². The third kappa shape index (κ3) is 6.65. The zero-order chi connectivity index (χ0) is 9.45. The van der Waals surface area contributed by atoms with E-state index in [2.05, 4.69) is 13.0 Å². The maximum Gasteiger partial charge on any atom is 0.287 e. The average molecular weight is 206 g/mol. The minimum atomic E-state index is -1.94. The minimum Gasteiger partial charge on any atom is -0.403 e. The lowest BCUT2D eigenvalue weighted by Gasteiger charge is -2.18. The summed E-state index contributed by atoms with van der Waals surface area (Å²) in [6.07, 6.45) is 2.46. The molecule has 0 saturated carbocycles. The molecule has 0 aromatic heterocycles. The summed E-state index contributed by atoms with van der Waals surface area (Å²) in [5.74, 6) is 0. The Morgan fingerprint density at radius 1 is 1.58 bits per heavy atom. The number of nitriles is 1. The summed E-state index contributed by atoms with van der Waals surface area (Å²) < 4.78 is 5.52. The second kappa shape index (κ2) is 6.47. The van der Waals surface area contributed by atoms with Gasteiger partial charge in [0.15, 0.2) is 0 Å². The van der Waals surface area contributed by atoms with Gasteiger partial charge in [-0.3, -0.25) is 0 Å². The summed E-state index contributed by atoms with van der Waals surface area (Å²) in [5, 5.41) is 8.32. The van der Waals surface area contributed by atoms with Crippen molar-refractivity contribution in [1.29, 1.82) is 5.26 Å². The number of halogens is 1. The van der Waals surface area contributed by atoms with Crippen molar-refractivity contribution in [2.24, 2.45) is 0 Å². The van der Waals surface area contributed by atoms with E-state index >= 15 is 0 Å². The van der Waals surface area contributed by atoms with Crippen LogP contribution in [-0.2, 0) is 4.43 Å². The summed E-state index contributed by atoms with van der Waals surface area (Å²) in [6, 6.07) is 2.98. The highest BCUT2D eigenvalue weighted by Crippen LogP contribution is 2.19. The number of rotatable bonds is 6. The Morgan fingerprint density at radius 3 is 2.75 bits per heavy atom. The molecule has 0 spiro atoms. The van der Waals surface area contributed by atoms with Gasteiger partial charge < -0.3 is 4.43 Å². The van der Waals surface area contributed by atoms with Crippen LogP contribution in [0.1, 0.15) is 26.2 Å². The predicted molar refractivity (Wildman–Crippen MR) is 53.4 cm³/mol. The van der Waals surface area contributed by atoms with Crippen LogP contribution >= 0.6 is 11.1 Å². The Balaban J connectivity index is 3.50. The van der Waals surface area contributed by atoms with Crippen molar-refractivity contribution in [3.05, 3.63) is 0 Å². The first kappa shape index (κ1) is 12.0. The summed E-state index contributed by atoms with van der Waals surface area (Å²) in [6.45, 7) is 4.80. The van der Waals surface area contributed by atoms with Gasteiger partial charge in [-0.05, 0) is 25.4 Å². The van der Waals surface area contributed by atoms with Gasteiger partial charge in [0.25, 0.3) is 7.63 Å². The number of unbranched alkanes of at least 4 members (excludes halogenated alkanes) is 1. The van der Waals surface area contributed by atoms with Crippen molar-refractivity contribution in [3.8, 4) is 6.07 Å². The molecule has 1 unspecified atom stereocenters. The third-order valence-electron chi connectivity index (χ3n) is 1.52. The van der Waals surface area contributed by atoms with Crippen molar-refractivity contribution in [3.63, 3.8) is 0 Å². The van der Waals surface area contributed by atoms with E-state index in [4.69, 9.17) is 20.8 Å². The Morgan fingerprint density at radius 2 is 2.25 bits per heavy atom. The largest absolute Gasteiger partial charge is 0.403 e. The highest BCUT2D eigenvalue weighted by molar-refractivity contribution is 7.16. The lowest BCUT2D eigenvalue weighted by molar-refractivity contribution is 0.315. The Hall–Kier alpha value is -0.0431. The second-order valence-electron chi connectivity index (χ2n) is 2.96. The molecular formula is C8H16ClNOSi. The van der Waals surface area contributed by atoms with Crippen LogP contribution in [0.15, 0.2) is 0 Å². The number of nitrogens with zero attached hydrogens (tertiary/aromatic N) is 1. The monoisotopic (exact) mass is 205 g/mol. The Bertz CT molecular complexity index is 156. The molecule has 0 fully saturated rings. The maximum atomic E-state index is 8.32. The van der Waals surface area contributed by atoms with Gasteiger partial charge >= 0.3 is 0 Å². The van der Waals surface area contributed by atoms with Gasteiger partial charge in [-0.15, -0.1) is 11.1 Å². The molecule has 70 valence electrons. The quantitative estimate of drug-likeness (QED) is 0.380. The normalized spacial score (nSPS) is 15.2. The molecule has 0 heterocycles. The molecule has 2 nitrogen and oxygen atoms in total. The van der Waals surface area contributed by atoms with Crippen LogP contribution in [0, 0.1) is 11.3 Å². The van der Waals surface area contributed by atoms with E-state index in [0.29, 0.717) is 6.42 Å². The van der Waals surface area contributed by atoms with Crippen LogP contribution in [0.2, 0.25) is 12.6 Å². The molecule has 0 aliphatic rings. The van der Waals surface area contributed by atoms with Crippen LogP contribution < -0.4 is 0 Å². The van der Waals surface area contributed by atoms with E-state index in [9.17, 15) is 0 Å². The Labute approximate surface area is 80.3 Å². The molecule has 0 aliphatic carbocycles. The van der Waals surface area contributed by atoms with Crippen LogP contribution in [0.25, 0.3) is 0 Å². The van der Waals surface area contributed by atoms with Gasteiger partial charge in [0.1, 0.15) is 0 Å². The maximum absolute atomic E-state index is 8.32. The van der Waals surface area contributed by atoms with Crippen LogP contribution in [0.5, 0.6) is 0 Å². The fourth-order valence-electron chi connectivity index (χ4n) is 0.870. The number of hydrogen-bond donors (Lipinski definition) is 0. The van der Waals surface area contributed by atoms with Gasteiger partial charge in [-0.25, -0.2) is 0 Å². The standard InChI is InChI=1S/C8H16ClNOSi/c1-3-7-11-12(2,9)8-5-4-6-10/h3-5,7-8H2,1-2H3. The summed E-state index contributed by atoms with van der Waals surface area (Å²) >= 11 is 6.16. The van der Waals surface area contributed by atoms with Gasteiger partial charge in [-0.1, -0.05) is 6.92 Å². The third-order valence-corrected chi connectivity index (χ3v) is 4.47. The van der Waals surface area contributed by atoms with Crippen LogP contribution in [0.4, 0.5) is 0 Å². The molecule has 0 bridgehead atoms. The second-order valence-corrected chi connectivity index (χ2v) is 8.35. The lowest BCUT2D eigenvalue weighted by atomic mass is 10.4. The fourth-order valence-corrected chi connectivity index (χ4v) is 3.08. The SMILES string of the molecule is CCCO[Si](C)(Cl)CCCC#N. The Kier molecular flexibility index (Phi) is 6.45. The zero-order valence-corrected chi connectivity index (χ0v) is 9.52. The summed E-state index contributed by atoms with van der Waals surface area (Å²) in [5.41, 5.74) is 0. The van der Waals surface area contributed by atoms with E-state index in [-0.39, 0.29) is 0 Å². The summed E-state index contributed by atoms with van der Waals surface area (Å²) in [7, 11) is -1.94. The molecule has 0 aromatic rings. The highest BCUT2D eigenvalue weighted by atomic mass is 35.6. The predicted octanol–water partition coefficient (Wildman–Crippen LogP) is 3.03. The molecule has 0 aromatic carbocycles. The van der Waals surface area contributed by atoms with Gasteiger partial charge in [-0.2, -0.15) is 5.26 Å². The zero-order valence-electron chi connectivity index (χ0n) is 7.77. The van der Waals surface area contributed by atoms with Crippen LogP contribution in [0.3, 0.4) is 0 Å². The first-order chi connectivity index (χ1) is 5.62. The molecule has 12 heavy (non-hydrogen) atoms. The first-order valence-corrected chi connectivity index (χ1v) is 7.95. The van der Waals surface area contributed by atoms with E-state index in [1.807, 2.05) is 6.55 Å². The minimum absolute atomic E-state index is 0.588. The highest BCUT2D eigenvalue weighted by Gasteiger charge is 2.24. The van der Waals surface area contributed by atoms with E-state index < -0.39 is 7.63 Å².